The Morgan fingerprint density at radius 3 is 2.77 bits per heavy atom. The summed E-state index contributed by atoms with van der Waals surface area (Å²) in [6.07, 6.45) is 5.68. The Bertz CT molecular complexity index is 1380. The van der Waals surface area contributed by atoms with Crippen LogP contribution < -0.4 is 15.4 Å². The first-order valence-corrected chi connectivity index (χ1v) is 12.8. The quantitative estimate of drug-likeness (QED) is 0.228. The van der Waals surface area contributed by atoms with Crippen LogP contribution in [-0.2, 0) is 9.59 Å². The number of benzene rings is 2. The highest BCUT2D eigenvalue weighted by Gasteiger charge is 2.23. The highest BCUT2D eigenvalue weighted by molar-refractivity contribution is 6.31. The van der Waals surface area contributed by atoms with Gasteiger partial charge in [0.1, 0.15) is 23.7 Å². The van der Waals surface area contributed by atoms with Crippen molar-refractivity contribution < 1.29 is 28.9 Å². The van der Waals surface area contributed by atoms with Crippen molar-refractivity contribution in [3.8, 4) is 5.75 Å². The monoisotopic (exact) mass is 557 g/mol. The van der Waals surface area contributed by atoms with Gasteiger partial charge in [0.25, 0.3) is 0 Å². The Kier molecular flexibility index (Phi) is 9.28. The average Bonchev–Trinajstić information content (AvgIpc) is 3.69. The van der Waals surface area contributed by atoms with E-state index in [0.29, 0.717) is 46.4 Å². The van der Waals surface area contributed by atoms with Crippen LogP contribution in [0, 0.1) is 11.7 Å². The van der Waals surface area contributed by atoms with Crippen LogP contribution in [0.15, 0.2) is 48.8 Å². The van der Waals surface area contributed by atoms with Gasteiger partial charge in [-0.05, 0) is 49.9 Å². The van der Waals surface area contributed by atoms with E-state index in [1.54, 1.807) is 19.1 Å². The molecular weight excluding hydrogens is 529 g/mol. The third kappa shape index (κ3) is 8.34. The minimum Gasteiger partial charge on any atom is -0.491 e. The summed E-state index contributed by atoms with van der Waals surface area (Å²) in [6.45, 7) is 2.12. The van der Waals surface area contributed by atoms with E-state index in [4.69, 9.17) is 21.4 Å². The molecule has 3 aromatic rings. The molecule has 1 aliphatic rings. The SMILES string of the molecule is CC(O)CN(CC=CC(=O)Nc1cc2c(Nc3ccc(F)c(Cl)c3)ncnc2cc1OCC1CC1)CC(=O)O. The molecule has 1 unspecified atom stereocenters. The molecule has 0 aliphatic heterocycles. The molecule has 206 valence electrons. The van der Waals surface area contributed by atoms with Gasteiger partial charge in [0.15, 0.2) is 0 Å². The lowest BCUT2D eigenvalue weighted by Gasteiger charge is -2.19. The number of carbonyl (C=O) groups excluding carboxylic acids is 1. The standard InChI is InChI=1S/C27H29ClFN5O5/c1-16(35)12-34(13-26(37)38)8-2-3-25(36)33-23-10-19-22(11-24(23)39-14-17-4-5-17)30-15-31-27(19)32-18-6-7-21(29)20(28)9-18/h2-3,6-7,9-11,15-17,35H,4-5,8,12-14H2,1H3,(H,33,36)(H,37,38)(H,30,31,32). The second-order valence-corrected chi connectivity index (χ2v) is 9.83. The van der Waals surface area contributed by atoms with Gasteiger partial charge in [-0.1, -0.05) is 17.7 Å². The minimum absolute atomic E-state index is 0.0378. The highest BCUT2D eigenvalue weighted by Crippen LogP contribution is 2.36. The van der Waals surface area contributed by atoms with Crippen LogP contribution in [0.2, 0.25) is 5.02 Å². The number of aliphatic hydroxyl groups is 1. The van der Waals surface area contributed by atoms with Gasteiger partial charge in [0.05, 0.1) is 35.5 Å². The number of aromatic nitrogens is 2. The van der Waals surface area contributed by atoms with Crippen LogP contribution >= 0.6 is 11.6 Å². The first kappa shape index (κ1) is 28.2. The van der Waals surface area contributed by atoms with Crippen LogP contribution in [-0.4, -0.2) is 69.3 Å². The molecule has 0 saturated heterocycles. The van der Waals surface area contributed by atoms with Crippen LogP contribution in [0.1, 0.15) is 19.8 Å². The van der Waals surface area contributed by atoms with Crippen LogP contribution in [0.3, 0.4) is 0 Å². The third-order valence-electron chi connectivity index (χ3n) is 5.86. The molecule has 10 nitrogen and oxygen atoms in total. The van der Waals surface area contributed by atoms with E-state index in [9.17, 15) is 19.1 Å². The van der Waals surface area contributed by atoms with Crippen molar-refractivity contribution in [1.82, 2.24) is 14.9 Å². The van der Waals surface area contributed by atoms with Crippen molar-refractivity contribution in [2.24, 2.45) is 5.92 Å². The normalized spacial score (nSPS) is 14.1. The summed E-state index contributed by atoms with van der Waals surface area (Å²) < 4.78 is 19.6. The summed E-state index contributed by atoms with van der Waals surface area (Å²) in [7, 11) is 0. The number of rotatable bonds is 13. The van der Waals surface area contributed by atoms with E-state index in [2.05, 4.69) is 20.6 Å². The fraction of sp³-hybridized carbons (Fsp3) is 0.333. The number of carboxylic acid groups (broad SMARTS) is 1. The summed E-state index contributed by atoms with van der Waals surface area (Å²) in [5.74, 6) is -0.672. The van der Waals surface area contributed by atoms with E-state index in [1.807, 2.05) is 0 Å². The van der Waals surface area contributed by atoms with Gasteiger partial charge in [-0.3, -0.25) is 14.5 Å². The Morgan fingerprint density at radius 1 is 1.28 bits per heavy atom. The Morgan fingerprint density at radius 2 is 2.08 bits per heavy atom. The number of carbonyl (C=O) groups is 2. The molecular formula is C27H29ClFN5O5. The van der Waals surface area contributed by atoms with Gasteiger partial charge in [0, 0.05) is 36.3 Å². The van der Waals surface area contributed by atoms with Gasteiger partial charge < -0.3 is 25.6 Å². The molecule has 39 heavy (non-hydrogen) atoms. The largest absolute Gasteiger partial charge is 0.491 e. The number of anilines is 3. The molecule has 2 aromatic carbocycles. The lowest BCUT2D eigenvalue weighted by atomic mass is 10.1. The van der Waals surface area contributed by atoms with E-state index >= 15 is 0 Å². The van der Waals surface area contributed by atoms with Crippen molar-refractivity contribution in [2.75, 3.05) is 36.9 Å². The number of halogens is 2. The zero-order valence-corrected chi connectivity index (χ0v) is 22.0. The molecule has 12 heteroatoms. The van der Waals surface area contributed by atoms with Crippen molar-refractivity contribution in [2.45, 2.75) is 25.9 Å². The zero-order valence-electron chi connectivity index (χ0n) is 21.2. The molecule has 1 amide bonds. The number of aliphatic hydroxyl groups excluding tert-OH is 1. The summed E-state index contributed by atoms with van der Waals surface area (Å²) in [4.78, 5) is 34.0. The van der Waals surface area contributed by atoms with Crippen LogP contribution in [0.5, 0.6) is 5.75 Å². The fourth-order valence-corrected chi connectivity index (χ4v) is 4.04. The van der Waals surface area contributed by atoms with Gasteiger partial charge in [-0.15, -0.1) is 0 Å². The average molecular weight is 558 g/mol. The smallest absolute Gasteiger partial charge is 0.317 e. The number of hydrogen-bond acceptors (Lipinski definition) is 8. The van der Waals surface area contributed by atoms with E-state index in [-0.39, 0.29) is 24.7 Å². The lowest BCUT2D eigenvalue weighted by molar-refractivity contribution is -0.138. The number of nitrogens with one attached hydrogen (secondary N) is 2. The topological polar surface area (TPSA) is 137 Å². The third-order valence-corrected chi connectivity index (χ3v) is 6.15. The summed E-state index contributed by atoms with van der Waals surface area (Å²) in [5.41, 5.74) is 1.49. The Labute approximate surface area is 229 Å². The maximum atomic E-state index is 13.6. The number of hydrogen-bond donors (Lipinski definition) is 4. The Hall–Kier alpha value is -3.80. The number of aliphatic carboxylic acids is 1. The van der Waals surface area contributed by atoms with Crippen molar-refractivity contribution in [3.05, 3.63) is 59.7 Å². The number of ether oxygens (including phenoxy) is 1. The molecule has 0 spiro atoms. The second kappa shape index (κ2) is 12.8. The number of nitrogens with zero attached hydrogens (tertiary/aromatic N) is 3. The Balaban J connectivity index is 1.56. The fourth-order valence-electron chi connectivity index (χ4n) is 3.86. The van der Waals surface area contributed by atoms with E-state index < -0.39 is 23.8 Å². The van der Waals surface area contributed by atoms with E-state index in [1.165, 1.54) is 41.6 Å². The molecule has 1 aliphatic carbocycles. The van der Waals surface area contributed by atoms with Gasteiger partial charge >= 0.3 is 5.97 Å². The van der Waals surface area contributed by atoms with E-state index in [0.717, 1.165) is 12.8 Å². The summed E-state index contributed by atoms with van der Waals surface area (Å²) >= 11 is 5.91. The molecule has 0 bridgehead atoms. The van der Waals surface area contributed by atoms with Gasteiger partial charge in [-0.2, -0.15) is 0 Å². The second-order valence-electron chi connectivity index (χ2n) is 9.42. The molecule has 0 radical (unpaired) electrons. The number of fused-ring (bicyclic) bond motifs is 1. The van der Waals surface area contributed by atoms with Gasteiger partial charge in [0.2, 0.25) is 5.91 Å². The number of amides is 1. The lowest BCUT2D eigenvalue weighted by Crippen LogP contribution is -2.35. The molecule has 1 aromatic heterocycles. The maximum Gasteiger partial charge on any atom is 0.317 e. The van der Waals surface area contributed by atoms with Crippen molar-refractivity contribution in [3.63, 3.8) is 0 Å². The summed E-state index contributed by atoms with van der Waals surface area (Å²) in [6, 6.07) is 7.63. The molecule has 1 fully saturated rings. The predicted octanol–water partition coefficient (Wildman–Crippen LogP) is 4.22. The molecule has 4 N–H and O–H groups in total. The molecule has 1 atom stereocenters. The summed E-state index contributed by atoms with van der Waals surface area (Å²) in [5, 5.41) is 25.2. The van der Waals surface area contributed by atoms with Crippen molar-refractivity contribution in [1.29, 1.82) is 0 Å². The molecule has 1 heterocycles. The van der Waals surface area contributed by atoms with Crippen LogP contribution in [0.25, 0.3) is 10.9 Å². The highest BCUT2D eigenvalue weighted by atomic mass is 35.5. The zero-order chi connectivity index (χ0) is 27.9. The first-order chi connectivity index (χ1) is 18.7. The molecule has 4 rings (SSSR count). The first-order valence-electron chi connectivity index (χ1n) is 12.4. The number of carboxylic acids is 1. The molecule has 1 saturated carbocycles. The minimum atomic E-state index is -1.03. The van der Waals surface area contributed by atoms with Crippen LogP contribution in [0.4, 0.5) is 21.6 Å². The van der Waals surface area contributed by atoms with Gasteiger partial charge in [-0.25, -0.2) is 14.4 Å². The van der Waals surface area contributed by atoms with Crippen molar-refractivity contribution >= 4 is 51.6 Å². The maximum absolute atomic E-state index is 13.6. The predicted molar refractivity (Wildman–Crippen MR) is 146 cm³/mol.